The van der Waals surface area contributed by atoms with Crippen molar-refractivity contribution in [2.75, 3.05) is 6.61 Å². The van der Waals surface area contributed by atoms with Crippen molar-refractivity contribution in [1.82, 2.24) is 4.90 Å². The third kappa shape index (κ3) is 3.08. The zero-order valence-corrected chi connectivity index (χ0v) is 14.2. The van der Waals surface area contributed by atoms with Crippen molar-refractivity contribution in [3.63, 3.8) is 0 Å². The maximum Gasteiger partial charge on any atom is 0.347 e. The second kappa shape index (κ2) is 6.68. The predicted molar refractivity (Wildman–Crippen MR) is 91.9 cm³/mol. The van der Waals surface area contributed by atoms with E-state index in [-0.39, 0.29) is 29.8 Å². The van der Waals surface area contributed by atoms with Crippen LogP contribution in [0.2, 0.25) is 0 Å². The van der Waals surface area contributed by atoms with Crippen LogP contribution in [0.15, 0.2) is 48.5 Å². The third-order valence-electron chi connectivity index (χ3n) is 4.53. The zero-order chi connectivity index (χ0) is 19.0. The standard InChI is InChI=1S/C20H15NO6/c22-17-14-7-6-13(19(24)27-16-8-9-26-20(16)25)10-15(14)18(23)21(17)11-12-4-2-1-3-5-12/h1-7,10,16H,8-9,11H2/t16-/m0/s1. The van der Waals surface area contributed by atoms with E-state index in [2.05, 4.69) is 0 Å². The van der Waals surface area contributed by atoms with Gasteiger partial charge >= 0.3 is 11.9 Å². The van der Waals surface area contributed by atoms with Crippen LogP contribution in [-0.2, 0) is 20.8 Å². The van der Waals surface area contributed by atoms with E-state index in [4.69, 9.17) is 9.47 Å². The van der Waals surface area contributed by atoms with Gasteiger partial charge in [-0.05, 0) is 23.8 Å². The van der Waals surface area contributed by atoms with Gasteiger partial charge in [-0.25, -0.2) is 9.59 Å². The highest BCUT2D eigenvalue weighted by Crippen LogP contribution is 2.26. The summed E-state index contributed by atoms with van der Waals surface area (Å²) >= 11 is 0. The number of cyclic esters (lactones) is 1. The molecule has 0 spiro atoms. The molecule has 0 radical (unpaired) electrons. The molecule has 1 saturated heterocycles. The molecule has 136 valence electrons. The molecule has 27 heavy (non-hydrogen) atoms. The third-order valence-corrected chi connectivity index (χ3v) is 4.53. The average Bonchev–Trinajstić information content (AvgIpc) is 3.19. The lowest BCUT2D eigenvalue weighted by Gasteiger charge is -2.13. The maximum absolute atomic E-state index is 12.7. The Morgan fingerprint density at radius 1 is 1.04 bits per heavy atom. The lowest BCUT2D eigenvalue weighted by Crippen LogP contribution is -2.29. The van der Waals surface area contributed by atoms with E-state index in [1.54, 1.807) is 0 Å². The van der Waals surface area contributed by atoms with Gasteiger partial charge in [-0.3, -0.25) is 14.5 Å². The van der Waals surface area contributed by atoms with Gasteiger partial charge < -0.3 is 9.47 Å². The molecule has 2 aliphatic heterocycles. The Labute approximate surface area is 154 Å². The largest absolute Gasteiger partial charge is 0.463 e. The number of hydrogen-bond donors (Lipinski definition) is 0. The molecule has 7 heteroatoms. The summed E-state index contributed by atoms with van der Waals surface area (Å²) < 4.78 is 9.89. The summed E-state index contributed by atoms with van der Waals surface area (Å²) in [6.07, 6.45) is -0.629. The van der Waals surface area contributed by atoms with Crippen molar-refractivity contribution in [3.8, 4) is 0 Å². The van der Waals surface area contributed by atoms with E-state index in [0.717, 1.165) is 10.5 Å². The first kappa shape index (κ1) is 17.0. The fraction of sp³-hybridized carbons (Fsp3) is 0.200. The lowest BCUT2D eigenvalue weighted by atomic mass is 10.1. The highest BCUT2D eigenvalue weighted by Gasteiger charge is 2.37. The molecule has 0 unspecified atom stereocenters. The number of esters is 2. The lowest BCUT2D eigenvalue weighted by molar-refractivity contribution is -0.145. The number of carbonyl (C=O) groups is 4. The van der Waals surface area contributed by atoms with Gasteiger partial charge in [0.2, 0.25) is 6.10 Å². The topological polar surface area (TPSA) is 90.0 Å². The number of rotatable bonds is 4. The number of carbonyl (C=O) groups excluding carboxylic acids is 4. The van der Waals surface area contributed by atoms with Gasteiger partial charge in [0.15, 0.2) is 0 Å². The molecule has 2 heterocycles. The van der Waals surface area contributed by atoms with Crippen LogP contribution >= 0.6 is 0 Å². The van der Waals surface area contributed by atoms with E-state index in [1.165, 1.54) is 18.2 Å². The van der Waals surface area contributed by atoms with Crippen LogP contribution < -0.4 is 0 Å². The first-order chi connectivity index (χ1) is 13.0. The summed E-state index contributed by atoms with van der Waals surface area (Å²) in [6, 6.07) is 13.3. The molecule has 0 N–H and O–H groups in total. The van der Waals surface area contributed by atoms with Crippen LogP contribution in [0.4, 0.5) is 0 Å². The van der Waals surface area contributed by atoms with Crippen LogP contribution in [0.1, 0.15) is 43.1 Å². The van der Waals surface area contributed by atoms with E-state index >= 15 is 0 Å². The van der Waals surface area contributed by atoms with Crippen LogP contribution in [0, 0.1) is 0 Å². The monoisotopic (exact) mass is 365 g/mol. The molecule has 0 aliphatic carbocycles. The van der Waals surface area contributed by atoms with Crippen molar-refractivity contribution in [3.05, 3.63) is 70.8 Å². The van der Waals surface area contributed by atoms with Gasteiger partial charge in [0.05, 0.1) is 29.8 Å². The van der Waals surface area contributed by atoms with Gasteiger partial charge in [-0.2, -0.15) is 0 Å². The van der Waals surface area contributed by atoms with Gasteiger partial charge in [0, 0.05) is 6.42 Å². The quantitative estimate of drug-likeness (QED) is 0.608. The summed E-state index contributed by atoms with van der Waals surface area (Å²) in [5, 5.41) is 0. The Balaban J connectivity index is 1.55. The molecule has 0 saturated carbocycles. The molecule has 4 rings (SSSR count). The summed E-state index contributed by atoms with van der Waals surface area (Å²) in [4.78, 5) is 50.0. The minimum atomic E-state index is -0.933. The Morgan fingerprint density at radius 2 is 1.78 bits per heavy atom. The molecular formula is C20H15NO6. The Bertz CT molecular complexity index is 952. The van der Waals surface area contributed by atoms with Crippen molar-refractivity contribution in [2.45, 2.75) is 19.1 Å². The number of benzene rings is 2. The van der Waals surface area contributed by atoms with Crippen LogP contribution in [0.5, 0.6) is 0 Å². The van der Waals surface area contributed by atoms with E-state index in [9.17, 15) is 19.2 Å². The number of ether oxygens (including phenoxy) is 2. The summed E-state index contributed by atoms with van der Waals surface area (Å²) in [7, 11) is 0. The fourth-order valence-electron chi connectivity index (χ4n) is 3.11. The van der Waals surface area contributed by atoms with Gasteiger partial charge in [-0.1, -0.05) is 30.3 Å². The van der Waals surface area contributed by atoms with Gasteiger partial charge in [0.1, 0.15) is 0 Å². The highest BCUT2D eigenvalue weighted by atomic mass is 16.6. The average molecular weight is 365 g/mol. The number of hydrogen-bond acceptors (Lipinski definition) is 6. The molecule has 2 amide bonds. The molecule has 1 atom stereocenters. The highest BCUT2D eigenvalue weighted by molar-refractivity contribution is 6.21. The molecule has 1 fully saturated rings. The fourth-order valence-corrected chi connectivity index (χ4v) is 3.11. The number of amides is 2. The number of nitrogens with zero attached hydrogens (tertiary/aromatic N) is 1. The normalized spacial score (nSPS) is 18.4. The van der Waals surface area contributed by atoms with Crippen molar-refractivity contribution >= 4 is 23.8 Å². The zero-order valence-electron chi connectivity index (χ0n) is 14.2. The smallest absolute Gasteiger partial charge is 0.347 e. The Kier molecular flexibility index (Phi) is 4.19. The second-order valence-corrected chi connectivity index (χ2v) is 6.29. The summed E-state index contributed by atoms with van der Waals surface area (Å²) in [6.45, 7) is 0.364. The minimum absolute atomic E-state index is 0.108. The molecule has 7 nitrogen and oxygen atoms in total. The van der Waals surface area contributed by atoms with Crippen molar-refractivity contribution in [2.24, 2.45) is 0 Å². The van der Waals surface area contributed by atoms with Crippen LogP contribution in [-0.4, -0.2) is 41.4 Å². The maximum atomic E-state index is 12.7. The Hall–Kier alpha value is -3.48. The number of fused-ring (bicyclic) bond motifs is 1. The van der Waals surface area contributed by atoms with E-state index in [0.29, 0.717) is 6.42 Å². The molecule has 2 aliphatic rings. The molecule has 0 aromatic heterocycles. The molecule has 2 aromatic carbocycles. The summed E-state index contributed by atoms with van der Waals surface area (Å²) in [5.41, 5.74) is 1.33. The Morgan fingerprint density at radius 3 is 2.48 bits per heavy atom. The molecule has 2 aromatic rings. The molecular weight excluding hydrogens is 350 g/mol. The van der Waals surface area contributed by atoms with Gasteiger partial charge in [-0.15, -0.1) is 0 Å². The SMILES string of the molecule is O=C(O[C@H]1CCOC1=O)c1ccc2c(c1)C(=O)N(Cc1ccccc1)C2=O. The number of imide groups is 1. The first-order valence-corrected chi connectivity index (χ1v) is 8.46. The van der Waals surface area contributed by atoms with E-state index in [1.807, 2.05) is 30.3 Å². The predicted octanol–water partition coefficient (Wildman–Crippen LogP) is 1.96. The van der Waals surface area contributed by atoms with Gasteiger partial charge in [0.25, 0.3) is 11.8 Å². The van der Waals surface area contributed by atoms with Crippen LogP contribution in [0.25, 0.3) is 0 Å². The molecule has 0 bridgehead atoms. The van der Waals surface area contributed by atoms with Crippen molar-refractivity contribution in [1.29, 1.82) is 0 Å². The summed E-state index contributed by atoms with van der Waals surface area (Å²) in [5.74, 6) is -2.18. The first-order valence-electron chi connectivity index (χ1n) is 8.46. The van der Waals surface area contributed by atoms with Crippen molar-refractivity contribution < 1.29 is 28.7 Å². The van der Waals surface area contributed by atoms with Crippen LogP contribution in [0.3, 0.4) is 0 Å². The van der Waals surface area contributed by atoms with E-state index < -0.39 is 29.9 Å². The minimum Gasteiger partial charge on any atom is -0.463 e. The second-order valence-electron chi connectivity index (χ2n) is 6.29.